The fraction of sp³-hybridized carbons (Fsp3) is 0.529. The fourth-order valence-corrected chi connectivity index (χ4v) is 2.55. The highest BCUT2D eigenvalue weighted by Crippen LogP contribution is 2.24. The van der Waals surface area contributed by atoms with Crippen LogP contribution >= 0.6 is 0 Å². The van der Waals surface area contributed by atoms with Crippen molar-refractivity contribution in [3.63, 3.8) is 0 Å². The Balaban J connectivity index is 2.09. The molecular weight excluding hydrogens is 278 g/mol. The Morgan fingerprint density at radius 2 is 2.05 bits per heavy atom. The van der Waals surface area contributed by atoms with E-state index in [1.165, 1.54) is 0 Å². The minimum absolute atomic E-state index is 0.0508. The zero-order valence-corrected chi connectivity index (χ0v) is 13.5. The van der Waals surface area contributed by atoms with E-state index in [1.54, 1.807) is 0 Å². The molecule has 1 saturated heterocycles. The van der Waals surface area contributed by atoms with Crippen molar-refractivity contribution in [2.75, 3.05) is 11.4 Å². The van der Waals surface area contributed by atoms with Crippen LogP contribution in [0.3, 0.4) is 0 Å². The minimum atomic E-state index is -0.231. The summed E-state index contributed by atoms with van der Waals surface area (Å²) in [7, 11) is 0. The summed E-state index contributed by atoms with van der Waals surface area (Å²) in [6.07, 6.45) is 1.52. The molecule has 5 heteroatoms. The van der Waals surface area contributed by atoms with Crippen molar-refractivity contribution in [3.05, 3.63) is 29.8 Å². The largest absolute Gasteiger partial charge is 0.349 e. The second-order valence-electron chi connectivity index (χ2n) is 6.12. The van der Waals surface area contributed by atoms with Gasteiger partial charge in [0.05, 0.1) is 6.04 Å². The predicted molar refractivity (Wildman–Crippen MR) is 87.4 cm³/mol. The van der Waals surface area contributed by atoms with E-state index >= 15 is 0 Å². The van der Waals surface area contributed by atoms with Crippen molar-refractivity contribution >= 4 is 17.5 Å². The predicted octanol–water partition coefficient (Wildman–Crippen LogP) is 1.97. The third-order valence-corrected chi connectivity index (χ3v) is 4.32. The Morgan fingerprint density at radius 1 is 1.32 bits per heavy atom. The molecule has 1 aliphatic heterocycles. The molecular formula is C17H25N3O2. The standard InChI is InChI=1S/C17H25N3O2/c1-11(12(2)18)17(22)19-13(3)14-6-4-7-15(10-14)20-9-5-8-16(20)21/h4,6-7,10-13H,5,8-9,18H2,1-3H3,(H,19,22). The average molecular weight is 303 g/mol. The van der Waals surface area contributed by atoms with E-state index in [4.69, 9.17) is 5.73 Å². The Bertz CT molecular complexity index is 557. The molecule has 0 aliphatic carbocycles. The highest BCUT2D eigenvalue weighted by Gasteiger charge is 2.23. The van der Waals surface area contributed by atoms with Crippen LogP contribution in [-0.2, 0) is 9.59 Å². The number of rotatable bonds is 5. The monoisotopic (exact) mass is 303 g/mol. The average Bonchev–Trinajstić information content (AvgIpc) is 2.92. The summed E-state index contributed by atoms with van der Waals surface area (Å²) >= 11 is 0. The maximum absolute atomic E-state index is 12.1. The van der Waals surface area contributed by atoms with Gasteiger partial charge in [-0.3, -0.25) is 9.59 Å². The fourth-order valence-electron chi connectivity index (χ4n) is 2.55. The molecule has 1 aromatic rings. The number of carbonyl (C=O) groups is 2. The number of benzene rings is 1. The van der Waals surface area contributed by atoms with E-state index in [2.05, 4.69) is 5.32 Å². The van der Waals surface area contributed by atoms with Crippen molar-refractivity contribution in [1.29, 1.82) is 0 Å². The van der Waals surface area contributed by atoms with Gasteiger partial charge in [0.2, 0.25) is 11.8 Å². The Hall–Kier alpha value is -1.88. The molecule has 1 aromatic carbocycles. The highest BCUT2D eigenvalue weighted by molar-refractivity contribution is 5.95. The first-order valence-corrected chi connectivity index (χ1v) is 7.86. The summed E-state index contributed by atoms with van der Waals surface area (Å²) in [6.45, 7) is 6.36. The van der Waals surface area contributed by atoms with Gasteiger partial charge in [0.25, 0.3) is 0 Å². The van der Waals surface area contributed by atoms with Crippen LogP contribution < -0.4 is 16.0 Å². The number of hydrogen-bond donors (Lipinski definition) is 2. The molecule has 1 heterocycles. The summed E-state index contributed by atoms with van der Waals surface area (Å²) in [6, 6.07) is 7.50. The van der Waals surface area contributed by atoms with Gasteiger partial charge in [-0.1, -0.05) is 19.1 Å². The third-order valence-electron chi connectivity index (χ3n) is 4.32. The van der Waals surface area contributed by atoms with Gasteiger partial charge in [0.1, 0.15) is 0 Å². The first kappa shape index (κ1) is 16.5. The lowest BCUT2D eigenvalue weighted by Gasteiger charge is -2.22. The van der Waals surface area contributed by atoms with Gasteiger partial charge in [0.15, 0.2) is 0 Å². The van der Waals surface area contributed by atoms with Gasteiger partial charge < -0.3 is 16.0 Å². The molecule has 3 atom stereocenters. The number of anilines is 1. The Morgan fingerprint density at radius 3 is 2.64 bits per heavy atom. The van der Waals surface area contributed by atoms with E-state index in [0.29, 0.717) is 6.42 Å². The van der Waals surface area contributed by atoms with Crippen molar-refractivity contribution < 1.29 is 9.59 Å². The second kappa shape index (κ2) is 6.92. The molecule has 0 radical (unpaired) electrons. The molecule has 5 nitrogen and oxygen atoms in total. The lowest BCUT2D eigenvalue weighted by Crippen LogP contribution is -2.39. The van der Waals surface area contributed by atoms with Gasteiger partial charge in [0, 0.05) is 30.6 Å². The Kier molecular flexibility index (Phi) is 5.19. The molecule has 3 unspecified atom stereocenters. The molecule has 0 saturated carbocycles. The van der Waals surface area contributed by atoms with Crippen LogP contribution in [0.15, 0.2) is 24.3 Å². The van der Waals surface area contributed by atoms with Crippen LogP contribution in [0, 0.1) is 5.92 Å². The quantitative estimate of drug-likeness (QED) is 0.873. The van der Waals surface area contributed by atoms with Crippen molar-refractivity contribution in [2.24, 2.45) is 11.7 Å². The van der Waals surface area contributed by atoms with Crippen molar-refractivity contribution in [2.45, 2.75) is 45.7 Å². The maximum atomic E-state index is 12.1. The number of carbonyl (C=O) groups excluding carboxylic acids is 2. The van der Waals surface area contributed by atoms with E-state index in [-0.39, 0.29) is 29.8 Å². The maximum Gasteiger partial charge on any atom is 0.227 e. The first-order chi connectivity index (χ1) is 10.4. The van der Waals surface area contributed by atoms with Crippen molar-refractivity contribution in [3.8, 4) is 0 Å². The van der Waals surface area contributed by atoms with Crippen LogP contribution in [0.4, 0.5) is 5.69 Å². The van der Waals surface area contributed by atoms with Gasteiger partial charge >= 0.3 is 0 Å². The normalized spacial score (nSPS) is 18.9. The van der Waals surface area contributed by atoms with Crippen LogP contribution in [0.1, 0.15) is 45.2 Å². The number of nitrogens with one attached hydrogen (secondary N) is 1. The van der Waals surface area contributed by atoms with Gasteiger partial charge in [-0.05, 0) is 38.0 Å². The molecule has 2 amide bonds. The smallest absolute Gasteiger partial charge is 0.227 e. The molecule has 1 aliphatic rings. The topological polar surface area (TPSA) is 75.4 Å². The lowest BCUT2D eigenvalue weighted by atomic mass is 10.0. The molecule has 0 aromatic heterocycles. The summed E-state index contributed by atoms with van der Waals surface area (Å²) in [5.74, 6) is -0.115. The number of amides is 2. The molecule has 0 bridgehead atoms. The summed E-state index contributed by atoms with van der Waals surface area (Å²) in [5.41, 5.74) is 7.66. The minimum Gasteiger partial charge on any atom is -0.349 e. The van der Waals surface area contributed by atoms with Gasteiger partial charge in [-0.25, -0.2) is 0 Å². The zero-order valence-electron chi connectivity index (χ0n) is 13.5. The molecule has 2 rings (SSSR count). The number of nitrogens with two attached hydrogens (primary N) is 1. The van der Waals surface area contributed by atoms with Crippen LogP contribution in [0.25, 0.3) is 0 Å². The van der Waals surface area contributed by atoms with E-state index in [0.717, 1.165) is 24.2 Å². The third kappa shape index (κ3) is 3.65. The molecule has 3 N–H and O–H groups in total. The summed E-state index contributed by atoms with van der Waals surface area (Å²) < 4.78 is 0. The molecule has 22 heavy (non-hydrogen) atoms. The molecule has 0 spiro atoms. The highest BCUT2D eigenvalue weighted by atomic mass is 16.2. The zero-order chi connectivity index (χ0) is 16.3. The van der Waals surface area contributed by atoms with E-state index in [9.17, 15) is 9.59 Å². The SMILES string of the molecule is CC(NC(=O)C(C)C(C)N)c1cccc(N2CCCC2=O)c1. The Labute approximate surface area is 131 Å². The van der Waals surface area contributed by atoms with Crippen molar-refractivity contribution in [1.82, 2.24) is 5.32 Å². The number of hydrogen-bond acceptors (Lipinski definition) is 3. The summed E-state index contributed by atoms with van der Waals surface area (Å²) in [4.78, 5) is 25.8. The summed E-state index contributed by atoms with van der Waals surface area (Å²) in [5, 5.41) is 2.98. The molecule has 120 valence electrons. The van der Waals surface area contributed by atoms with Crippen LogP contribution in [0.5, 0.6) is 0 Å². The van der Waals surface area contributed by atoms with E-state index in [1.807, 2.05) is 49.9 Å². The van der Waals surface area contributed by atoms with E-state index < -0.39 is 0 Å². The van der Waals surface area contributed by atoms with Gasteiger partial charge in [-0.2, -0.15) is 0 Å². The van der Waals surface area contributed by atoms with Crippen LogP contribution in [0.2, 0.25) is 0 Å². The van der Waals surface area contributed by atoms with Gasteiger partial charge in [-0.15, -0.1) is 0 Å². The van der Waals surface area contributed by atoms with Crippen LogP contribution in [-0.4, -0.2) is 24.4 Å². The first-order valence-electron chi connectivity index (χ1n) is 7.86. The molecule has 1 fully saturated rings. The lowest BCUT2D eigenvalue weighted by molar-refractivity contribution is -0.125. The second-order valence-corrected chi connectivity index (χ2v) is 6.12. The number of nitrogens with zero attached hydrogens (tertiary/aromatic N) is 1.